The number of hydrogen-bond acceptors (Lipinski definition) is 3. The van der Waals surface area contributed by atoms with Crippen molar-refractivity contribution < 1.29 is 18.8 Å². The lowest BCUT2D eigenvalue weighted by atomic mass is 10.1. The molecule has 0 saturated heterocycles. The third-order valence-corrected chi connectivity index (χ3v) is 2.90. The highest BCUT2D eigenvalue weighted by Gasteiger charge is 2.11. The molecule has 0 bridgehead atoms. The summed E-state index contributed by atoms with van der Waals surface area (Å²) in [6.07, 6.45) is -0.659. The minimum absolute atomic E-state index is 0.343. The van der Waals surface area contributed by atoms with E-state index in [4.69, 9.17) is 9.47 Å². The summed E-state index contributed by atoms with van der Waals surface area (Å²) in [7, 11) is 6.12. The Labute approximate surface area is 119 Å². The molecule has 0 unspecified atom stereocenters. The minimum atomic E-state index is -0.659. The van der Waals surface area contributed by atoms with Gasteiger partial charge in [0.1, 0.15) is 18.9 Å². The van der Waals surface area contributed by atoms with Crippen LogP contribution in [0.15, 0.2) is 42.5 Å². The Morgan fingerprint density at radius 1 is 1.05 bits per heavy atom. The van der Waals surface area contributed by atoms with E-state index in [1.807, 2.05) is 57.5 Å². The van der Waals surface area contributed by atoms with Crippen molar-refractivity contribution in [2.45, 2.75) is 0 Å². The lowest BCUT2D eigenvalue weighted by molar-refractivity contribution is -0.870. The van der Waals surface area contributed by atoms with Crippen LogP contribution in [-0.4, -0.2) is 44.9 Å². The van der Waals surface area contributed by atoms with Gasteiger partial charge in [0, 0.05) is 0 Å². The molecular weight excluding hydrogens is 254 g/mol. The average Bonchev–Trinajstić information content (AvgIpc) is 2.37. The summed E-state index contributed by atoms with van der Waals surface area (Å²) < 4.78 is 11.0. The van der Waals surface area contributed by atoms with Gasteiger partial charge in [0.2, 0.25) is 0 Å². The van der Waals surface area contributed by atoms with Crippen LogP contribution in [0.2, 0.25) is 0 Å². The van der Waals surface area contributed by atoms with E-state index in [1.54, 1.807) is 6.07 Å². The number of carbonyl (C=O) groups excluding carboxylic acids is 1. The van der Waals surface area contributed by atoms with Crippen molar-refractivity contribution in [2.75, 3.05) is 34.3 Å². The van der Waals surface area contributed by atoms with Crippen molar-refractivity contribution in [3.05, 3.63) is 42.5 Å². The summed E-state index contributed by atoms with van der Waals surface area (Å²) in [5.74, 6) is 0.499. The van der Waals surface area contributed by atoms with Gasteiger partial charge in [0.25, 0.3) is 0 Å². The zero-order valence-electron chi connectivity index (χ0n) is 12.1. The SMILES string of the molecule is C[N+](C)(C)CCOC(=O)Oc1ccc2ccccc2c1. The molecule has 0 aliphatic heterocycles. The fourth-order valence-corrected chi connectivity index (χ4v) is 1.76. The predicted molar refractivity (Wildman–Crippen MR) is 78.8 cm³/mol. The molecule has 0 atom stereocenters. The van der Waals surface area contributed by atoms with E-state index in [2.05, 4.69) is 0 Å². The van der Waals surface area contributed by atoms with Gasteiger partial charge in [-0.2, -0.15) is 0 Å². The van der Waals surface area contributed by atoms with Crippen molar-refractivity contribution in [1.29, 1.82) is 0 Å². The molecule has 0 amide bonds. The van der Waals surface area contributed by atoms with Crippen molar-refractivity contribution in [3.8, 4) is 5.75 Å². The maximum Gasteiger partial charge on any atom is 0.514 e. The van der Waals surface area contributed by atoms with Crippen LogP contribution in [0.3, 0.4) is 0 Å². The molecule has 2 rings (SSSR count). The lowest BCUT2D eigenvalue weighted by Gasteiger charge is -2.23. The summed E-state index contributed by atoms with van der Waals surface area (Å²) in [4.78, 5) is 11.6. The van der Waals surface area contributed by atoms with E-state index in [0.29, 0.717) is 12.4 Å². The average molecular weight is 274 g/mol. The molecule has 4 nitrogen and oxygen atoms in total. The molecule has 0 radical (unpaired) electrons. The maximum atomic E-state index is 11.6. The molecule has 2 aromatic carbocycles. The fourth-order valence-electron chi connectivity index (χ4n) is 1.76. The number of rotatable bonds is 4. The first-order valence-electron chi connectivity index (χ1n) is 6.58. The quantitative estimate of drug-likeness (QED) is 0.488. The second kappa shape index (κ2) is 5.92. The number of quaternary nitrogens is 1. The second-order valence-corrected chi connectivity index (χ2v) is 5.72. The summed E-state index contributed by atoms with van der Waals surface area (Å²) in [6.45, 7) is 1.09. The van der Waals surface area contributed by atoms with Crippen LogP contribution in [0.5, 0.6) is 5.75 Å². The molecule has 2 aromatic rings. The molecule has 0 heterocycles. The molecule has 0 saturated carbocycles. The lowest BCUT2D eigenvalue weighted by Crippen LogP contribution is -2.38. The molecule has 0 fully saturated rings. The topological polar surface area (TPSA) is 35.5 Å². The summed E-state index contributed by atoms with van der Waals surface area (Å²) in [5, 5.41) is 2.14. The van der Waals surface area contributed by atoms with E-state index < -0.39 is 6.16 Å². The van der Waals surface area contributed by atoms with Crippen molar-refractivity contribution in [2.24, 2.45) is 0 Å². The highest BCUT2D eigenvalue weighted by molar-refractivity contribution is 5.84. The van der Waals surface area contributed by atoms with E-state index in [0.717, 1.165) is 21.8 Å². The van der Waals surface area contributed by atoms with Crippen LogP contribution in [0, 0.1) is 0 Å². The Hall–Kier alpha value is -2.07. The largest absolute Gasteiger partial charge is 0.514 e. The van der Waals surface area contributed by atoms with E-state index in [-0.39, 0.29) is 0 Å². The zero-order valence-corrected chi connectivity index (χ0v) is 12.1. The van der Waals surface area contributed by atoms with Gasteiger partial charge >= 0.3 is 6.16 Å². The Kier molecular flexibility index (Phi) is 4.25. The molecule has 0 aliphatic carbocycles. The molecule has 0 spiro atoms. The second-order valence-electron chi connectivity index (χ2n) is 5.72. The highest BCUT2D eigenvalue weighted by Crippen LogP contribution is 2.20. The fraction of sp³-hybridized carbons (Fsp3) is 0.312. The maximum absolute atomic E-state index is 11.6. The van der Waals surface area contributed by atoms with Gasteiger partial charge in [0.15, 0.2) is 0 Å². The van der Waals surface area contributed by atoms with Crippen LogP contribution in [-0.2, 0) is 4.74 Å². The Morgan fingerprint density at radius 2 is 1.75 bits per heavy atom. The van der Waals surface area contributed by atoms with Crippen LogP contribution >= 0.6 is 0 Å². The van der Waals surface area contributed by atoms with Crippen LogP contribution < -0.4 is 4.74 Å². The third-order valence-electron chi connectivity index (χ3n) is 2.90. The number of ether oxygens (including phenoxy) is 2. The number of likely N-dealkylation sites (N-methyl/N-ethyl adjacent to an activating group) is 1. The Balaban J connectivity index is 1.92. The molecule has 4 heteroatoms. The van der Waals surface area contributed by atoms with Gasteiger partial charge in [-0.3, -0.25) is 0 Å². The van der Waals surface area contributed by atoms with E-state index in [1.165, 1.54) is 0 Å². The highest BCUT2D eigenvalue weighted by atomic mass is 16.7. The molecule has 0 N–H and O–H groups in total. The van der Waals surface area contributed by atoms with Crippen molar-refractivity contribution >= 4 is 16.9 Å². The monoisotopic (exact) mass is 274 g/mol. The third kappa shape index (κ3) is 4.24. The predicted octanol–water partition coefficient (Wildman–Crippen LogP) is 3.06. The summed E-state index contributed by atoms with van der Waals surface area (Å²) >= 11 is 0. The number of carbonyl (C=O) groups is 1. The van der Waals surface area contributed by atoms with Gasteiger partial charge in [0.05, 0.1) is 21.1 Å². The Bertz CT molecular complexity index is 602. The van der Waals surface area contributed by atoms with Crippen LogP contribution in [0.25, 0.3) is 10.8 Å². The molecule has 20 heavy (non-hydrogen) atoms. The molecular formula is C16H20NO3+. The molecule has 0 aliphatic rings. The van der Waals surface area contributed by atoms with Gasteiger partial charge in [-0.15, -0.1) is 0 Å². The normalized spacial score (nSPS) is 11.3. The van der Waals surface area contributed by atoms with Gasteiger partial charge in [-0.25, -0.2) is 4.79 Å². The minimum Gasteiger partial charge on any atom is -0.428 e. The van der Waals surface area contributed by atoms with Gasteiger partial charge in [-0.1, -0.05) is 30.3 Å². The summed E-state index contributed by atoms with van der Waals surface area (Å²) in [6, 6.07) is 13.4. The van der Waals surface area contributed by atoms with Crippen molar-refractivity contribution in [1.82, 2.24) is 0 Å². The number of nitrogens with zero attached hydrogens (tertiary/aromatic N) is 1. The van der Waals surface area contributed by atoms with Crippen molar-refractivity contribution in [3.63, 3.8) is 0 Å². The smallest absolute Gasteiger partial charge is 0.428 e. The first-order chi connectivity index (χ1) is 9.44. The first kappa shape index (κ1) is 14.3. The number of hydrogen-bond donors (Lipinski definition) is 0. The molecule has 106 valence electrons. The van der Waals surface area contributed by atoms with Crippen LogP contribution in [0.4, 0.5) is 4.79 Å². The van der Waals surface area contributed by atoms with E-state index in [9.17, 15) is 4.79 Å². The number of fused-ring (bicyclic) bond motifs is 1. The molecule has 0 aromatic heterocycles. The first-order valence-corrected chi connectivity index (χ1v) is 6.58. The van der Waals surface area contributed by atoms with E-state index >= 15 is 0 Å². The number of benzene rings is 2. The summed E-state index contributed by atoms with van der Waals surface area (Å²) in [5.41, 5.74) is 0. The van der Waals surface area contributed by atoms with Crippen LogP contribution in [0.1, 0.15) is 0 Å². The Morgan fingerprint density at radius 3 is 2.45 bits per heavy atom. The zero-order chi connectivity index (χ0) is 14.6. The van der Waals surface area contributed by atoms with Gasteiger partial charge in [-0.05, 0) is 22.9 Å². The standard InChI is InChI=1S/C16H20NO3/c1-17(2,3)10-11-19-16(18)20-15-9-8-13-6-4-5-7-14(13)12-15/h4-9,12H,10-11H2,1-3H3/q+1. The van der Waals surface area contributed by atoms with Gasteiger partial charge < -0.3 is 14.0 Å².